The highest BCUT2D eigenvalue weighted by Gasteiger charge is 2.11. The Labute approximate surface area is 133 Å². The van der Waals surface area contributed by atoms with Crippen LogP contribution >= 0.6 is 22.6 Å². The first kappa shape index (κ1) is 15.4. The fourth-order valence-corrected chi connectivity index (χ4v) is 2.09. The average Bonchev–Trinajstić information content (AvgIpc) is 2.43. The van der Waals surface area contributed by atoms with Crippen LogP contribution in [0.1, 0.15) is 5.69 Å². The van der Waals surface area contributed by atoms with Gasteiger partial charge in [0.1, 0.15) is 12.4 Å². The molecule has 0 aliphatic rings. The summed E-state index contributed by atoms with van der Waals surface area (Å²) >= 11 is 1.88. The van der Waals surface area contributed by atoms with Crippen molar-refractivity contribution in [2.75, 3.05) is 11.1 Å². The summed E-state index contributed by atoms with van der Waals surface area (Å²) in [6.45, 7) is 1.49. The number of carbonyl (C=O) groups is 1. The van der Waals surface area contributed by atoms with Crippen LogP contribution in [0.15, 0.2) is 29.3 Å². The Morgan fingerprint density at radius 1 is 1.52 bits per heavy atom. The lowest BCUT2D eigenvalue weighted by Crippen LogP contribution is -2.30. The smallest absolute Gasteiger partial charge is 0.267 e. The molecule has 0 fully saturated rings. The molecular formula is C13H12FIN4O2. The Balaban J connectivity index is 2.18. The van der Waals surface area contributed by atoms with Crippen molar-refractivity contribution in [2.24, 2.45) is 0 Å². The molecule has 0 saturated carbocycles. The summed E-state index contributed by atoms with van der Waals surface area (Å²) in [6, 6.07) is 3.67. The first-order valence-electron chi connectivity index (χ1n) is 5.95. The number of aryl methyl sites for hydroxylation is 1. The molecule has 21 heavy (non-hydrogen) atoms. The van der Waals surface area contributed by atoms with Gasteiger partial charge in [0, 0.05) is 0 Å². The number of nitrogen functional groups attached to an aromatic ring is 1. The molecule has 2 aromatic rings. The zero-order valence-electron chi connectivity index (χ0n) is 11.1. The van der Waals surface area contributed by atoms with Crippen molar-refractivity contribution in [2.45, 2.75) is 13.5 Å². The van der Waals surface area contributed by atoms with Gasteiger partial charge in [0.05, 0.1) is 27.0 Å². The van der Waals surface area contributed by atoms with Crippen LogP contribution in [0.25, 0.3) is 0 Å². The second-order valence-electron chi connectivity index (χ2n) is 4.36. The van der Waals surface area contributed by atoms with Crippen molar-refractivity contribution in [1.82, 2.24) is 9.55 Å². The van der Waals surface area contributed by atoms with E-state index in [2.05, 4.69) is 10.3 Å². The van der Waals surface area contributed by atoms with Crippen LogP contribution in [-0.4, -0.2) is 15.5 Å². The monoisotopic (exact) mass is 402 g/mol. The van der Waals surface area contributed by atoms with Gasteiger partial charge in [-0.15, -0.1) is 0 Å². The number of amides is 1. The van der Waals surface area contributed by atoms with E-state index < -0.39 is 11.7 Å². The molecule has 0 bridgehead atoms. The number of hydrogen-bond acceptors (Lipinski definition) is 4. The fraction of sp³-hybridized carbons (Fsp3) is 0.154. The van der Waals surface area contributed by atoms with Gasteiger partial charge in [0.2, 0.25) is 5.91 Å². The largest absolute Gasteiger partial charge is 0.397 e. The lowest BCUT2D eigenvalue weighted by Gasteiger charge is -2.10. The highest BCUT2D eigenvalue weighted by Crippen LogP contribution is 2.19. The van der Waals surface area contributed by atoms with Crippen LogP contribution in [0, 0.1) is 16.3 Å². The highest BCUT2D eigenvalue weighted by molar-refractivity contribution is 14.1. The summed E-state index contributed by atoms with van der Waals surface area (Å²) in [6.07, 6.45) is 1.30. The summed E-state index contributed by atoms with van der Waals surface area (Å²) in [5.41, 5.74) is 6.36. The zero-order chi connectivity index (χ0) is 15.6. The zero-order valence-corrected chi connectivity index (χ0v) is 13.2. The molecule has 110 valence electrons. The molecule has 0 radical (unpaired) electrons. The average molecular weight is 402 g/mol. The topological polar surface area (TPSA) is 90.0 Å². The Morgan fingerprint density at radius 3 is 2.95 bits per heavy atom. The van der Waals surface area contributed by atoms with Crippen molar-refractivity contribution < 1.29 is 9.18 Å². The van der Waals surface area contributed by atoms with Gasteiger partial charge in [0.15, 0.2) is 0 Å². The van der Waals surface area contributed by atoms with E-state index in [0.717, 1.165) is 6.07 Å². The van der Waals surface area contributed by atoms with E-state index in [1.165, 1.54) is 23.0 Å². The van der Waals surface area contributed by atoms with E-state index in [0.29, 0.717) is 9.26 Å². The molecule has 0 aliphatic carbocycles. The van der Waals surface area contributed by atoms with Gasteiger partial charge < -0.3 is 11.1 Å². The molecule has 3 N–H and O–H groups in total. The number of hydrogen-bond donors (Lipinski definition) is 2. The lowest BCUT2D eigenvalue weighted by atomic mass is 10.2. The maximum Gasteiger partial charge on any atom is 0.267 e. The number of carbonyl (C=O) groups excluding carboxylic acids is 1. The molecule has 1 heterocycles. The van der Waals surface area contributed by atoms with Crippen molar-refractivity contribution in [3.8, 4) is 0 Å². The molecule has 0 aliphatic heterocycles. The number of aromatic nitrogens is 2. The molecule has 1 aromatic heterocycles. The molecule has 0 unspecified atom stereocenters. The second kappa shape index (κ2) is 6.20. The Morgan fingerprint density at radius 2 is 2.24 bits per heavy atom. The molecule has 1 aromatic carbocycles. The maximum atomic E-state index is 13.1. The van der Waals surface area contributed by atoms with E-state index >= 15 is 0 Å². The van der Waals surface area contributed by atoms with Crippen LogP contribution in [0.5, 0.6) is 0 Å². The minimum absolute atomic E-state index is 0.169. The van der Waals surface area contributed by atoms with Gasteiger partial charge in [-0.25, -0.2) is 9.37 Å². The minimum Gasteiger partial charge on any atom is -0.397 e. The summed E-state index contributed by atoms with van der Waals surface area (Å²) in [4.78, 5) is 27.9. The lowest BCUT2D eigenvalue weighted by molar-refractivity contribution is -0.116. The van der Waals surface area contributed by atoms with Crippen LogP contribution in [0.4, 0.5) is 15.8 Å². The third-order valence-corrected chi connectivity index (χ3v) is 4.00. The van der Waals surface area contributed by atoms with Crippen LogP contribution in [0.3, 0.4) is 0 Å². The number of benzene rings is 1. The predicted molar refractivity (Wildman–Crippen MR) is 85.4 cm³/mol. The summed E-state index contributed by atoms with van der Waals surface area (Å²) in [5, 5.41) is 2.47. The molecule has 6 nitrogen and oxygen atoms in total. The molecule has 0 atom stereocenters. The molecule has 0 saturated heterocycles. The Hall–Kier alpha value is -1.97. The van der Waals surface area contributed by atoms with E-state index in [4.69, 9.17) is 5.73 Å². The van der Waals surface area contributed by atoms with E-state index in [1.54, 1.807) is 6.92 Å². The summed E-state index contributed by atoms with van der Waals surface area (Å²) < 4.78 is 14.7. The van der Waals surface area contributed by atoms with Crippen molar-refractivity contribution in [3.05, 3.63) is 50.0 Å². The van der Waals surface area contributed by atoms with Crippen LogP contribution in [0.2, 0.25) is 0 Å². The second-order valence-corrected chi connectivity index (χ2v) is 5.44. The standard InChI is InChI=1S/C13H12FIN4O2/c1-7-12(15)13(21)19(6-17-7)5-11(20)18-10-4-8(14)2-3-9(10)16/h2-4,6H,5,16H2,1H3,(H,18,20). The fourth-order valence-electron chi connectivity index (χ4n) is 1.64. The van der Waals surface area contributed by atoms with Gasteiger partial charge in [-0.3, -0.25) is 14.2 Å². The number of rotatable bonds is 3. The van der Waals surface area contributed by atoms with Crippen LogP contribution < -0.4 is 16.6 Å². The van der Waals surface area contributed by atoms with Gasteiger partial charge in [0.25, 0.3) is 5.56 Å². The third kappa shape index (κ3) is 3.57. The SMILES string of the molecule is Cc1ncn(CC(=O)Nc2cc(F)ccc2N)c(=O)c1I. The quantitative estimate of drug-likeness (QED) is 0.602. The normalized spacial score (nSPS) is 10.4. The van der Waals surface area contributed by atoms with Crippen molar-refractivity contribution in [3.63, 3.8) is 0 Å². The molecule has 2 rings (SSSR count). The molecule has 1 amide bonds. The van der Waals surface area contributed by atoms with Gasteiger partial charge >= 0.3 is 0 Å². The van der Waals surface area contributed by atoms with Crippen molar-refractivity contribution >= 4 is 39.9 Å². The number of halogens is 2. The minimum atomic E-state index is -0.511. The highest BCUT2D eigenvalue weighted by atomic mass is 127. The molecular weight excluding hydrogens is 390 g/mol. The van der Waals surface area contributed by atoms with E-state index in [-0.39, 0.29) is 23.5 Å². The number of nitrogens with zero attached hydrogens (tertiary/aromatic N) is 2. The van der Waals surface area contributed by atoms with Crippen molar-refractivity contribution in [1.29, 1.82) is 0 Å². The van der Waals surface area contributed by atoms with E-state index in [9.17, 15) is 14.0 Å². The van der Waals surface area contributed by atoms with Gasteiger partial charge in [-0.1, -0.05) is 0 Å². The number of nitrogens with one attached hydrogen (secondary N) is 1. The van der Waals surface area contributed by atoms with E-state index in [1.807, 2.05) is 22.6 Å². The molecule has 8 heteroatoms. The predicted octanol–water partition coefficient (Wildman–Crippen LogP) is 1.52. The van der Waals surface area contributed by atoms with Crippen LogP contribution in [-0.2, 0) is 11.3 Å². The Bertz CT molecular complexity index is 760. The number of anilines is 2. The van der Waals surface area contributed by atoms with Gasteiger partial charge in [-0.05, 0) is 47.7 Å². The molecule has 0 spiro atoms. The van der Waals surface area contributed by atoms with Gasteiger partial charge in [-0.2, -0.15) is 0 Å². The third-order valence-electron chi connectivity index (χ3n) is 2.76. The first-order valence-corrected chi connectivity index (χ1v) is 7.03. The number of nitrogens with two attached hydrogens (primary N) is 1. The summed E-state index contributed by atoms with van der Waals surface area (Å²) in [7, 11) is 0. The Kier molecular flexibility index (Phi) is 4.56. The maximum absolute atomic E-state index is 13.1. The first-order chi connectivity index (χ1) is 9.88. The summed E-state index contributed by atoms with van der Waals surface area (Å²) in [5.74, 6) is -1.00.